The van der Waals surface area contributed by atoms with E-state index in [-0.39, 0.29) is 10.4 Å². The van der Waals surface area contributed by atoms with Gasteiger partial charge in [0.15, 0.2) is 0 Å². The van der Waals surface area contributed by atoms with Gasteiger partial charge in [-0.3, -0.25) is 4.79 Å². The fourth-order valence-corrected chi connectivity index (χ4v) is 1.18. The first-order valence-corrected chi connectivity index (χ1v) is 5.40. The Morgan fingerprint density at radius 1 is 1.47 bits per heavy atom. The van der Waals surface area contributed by atoms with E-state index in [9.17, 15) is 9.59 Å². The summed E-state index contributed by atoms with van der Waals surface area (Å²) in [5.74, 6) is -0.546. The highest BCUT2D eigenvalue weighted by atomic mass is 79.9. The standard InChI is InChI=1S/C10H16BrNO3/c1-6(2)5-8(10(14)15-4)12-9(13)7(3)11/h6,8H,3,5H2,1-2,4H3,(H,12,13)/t8-/m0/s1. The predicted octanol–water partition coefficient (Wildman–Crippen LogP) is 1.60. The fraction of sp³-hybridized carbons (Fsp3) is 0.600. The fourth-order valence-electron chi connectivity index (χ4n) is 1.06. The van der Waals surface area contributed by atoms with Gasteiger partial charge >= 0.3 is 5.97 Å². The van der Waals surface area contributed by atoms with E-state index in [1.807, 2.05) is 13.8 Å². The van der Waals surface area contributed by atoms with E-state index in [1.165, 1.54) is 7.11 Å². The van der Waals surface area contributed by atoms with Gasteiger partial charge < -0.3 is 10.1 Å². The number of carbonyl (C=O) groups excluding carboxylic acids is 2. The number of rotatable bonds is 5. The summed E-state index contributed by atoms with van der Waals surface area (Å²) in [4.78, 5) is 22.6. The van der Waals surface area contributed by atoms with Gasteiger partial charge in [0.25, 0.3) is 5.91 Å². The molecule has 0 unspecified atom stereocenters. The van der Waals surface area contributed by atoms with E-state index in [0.717, 1.165) is 0 Å². The lowest BCUT2D eigenvalue weighted by atomic mass is 10.0. The first-order chi connectivity index (χ1) is 6.88. The molecule has 0 aromatic heterocycles. The van der Waals surface area contributed by atoms with Crippen LogP contribution in [0.1, 0.15) is 20.3 Å². The minimum absolute atomic E-state index is 0.195. The molecule has 0 aliphatic carbocycles. The number of nitrogens with one attached hydrogen (secondary N) is 1. The van der Waals surface area contributed by atoms with Gasteiger partial charge in [-0.15, -0.1) is 0 Å². The molecular weight excluding hydrogens is 262 g/mol. The lowest BCUT2D eigenvalue weighted by Crippen LogP contribution is -2.42. The van der Waals surface area contributed by atoms with Crippen molar-refractivity contribution in [2.75, 3.05) is 7.11 Å². The maximum absolute atomic E-state index is 11.3. The number of hydrogen-bond acceptors (Lipinski definition) is 3. The van der Waals surface area contributed by atoms with Crippen LogP contribution in [0.2, 0.25) is 0 Å². The van der Waals surface area contributed by atoms with Crippen LogP contribution < -0.4 is 5.32 Å². The number of amides is 1. The first kappa shape index (κ1) is 14.2. The quantitative estimate of drug-likeness (QED) is 0.614. The Morgan fingerprint density at radius 3 is 2.33 bits per heavy atom. The highest BCUT2D eigenvalue weighted by molar-refractivity contribution is 9.12. The van der Waals surface area contributed by atoms with Gasteiger partial charge in [-0.2, -0.15) is 0 Å². The molecule has 0 saturated heterocycles. The van der Waals surface area contributed by atoms with Crippen LogP contribution in [0.3, 0.4) is 0 Å². The molecule has 0 saturated carbocycles. The monoisotopic (exact) mass is 277 g/mol. The van der Waals surface area contributed by atoms with Gasteiger partial charge in [0.1, 0.15) is 6.04 Å². The zero-order valence-corrected chi connectivity index (χ0v) is 10.8. The Hall–Kier alpha value is -0.840. The van der Waals surface area contributed by atoms with E-state index < -0.39 is 17.9 Å². The number of ether oxygens (including phenoxy) is 1. The van der Waals surface area contributed by atoms with Crippen molar-refractivity contribution in [3.63, 3.8) is 0 Å². The van der Waals surface area contributed by atoms with Crippen LogP contribution in [0.4, 0.5) is 0 Å². The largest absolute Gasteiger partial charge is 0.467 e. The van der Waals surface area contributed by atoms with Crippen LogP contribution in [0.5, 0.6) is 0 Å². The summed E-state index contributed by atoms with van der Waals surface area (Å²) in [6, 6.07) is -0.614. The highest BCUT2D eigenvalue weighted by Gasteiger charge is 2.22. The molecule has 5 heteroatoms. The molecule has 0 fully saturated rings. The van der Waals surface area contributed by atoms with Crippen LogP contribution in [0.25, 0.3) is 0 Å². The van der Waals surface area contributed by atoms with E-state index in [1.54, 1.807) is 0 Å². The molecule has 1 amide bonds. The lowest BCUT2D eigenvalue weighted by Gasteiger charge is -2.17. The molecule has 0 aliphatic rings. The average Bonchev–Trinajstić information content (AvgIpc) is 2.14. The first-order valence-electron chi connectivity index (χ1n) is 4.61. The second-order valence-corrected chi connectivity index (χ2v) is 4.54. The summed E-state index contributed by atoms with van der Waals surface area (Å²) < 4.78 is 4.79. The van der Waals surface area contributed by atoms with Gasteiger partial charge in [-0.25, -0.2) is 4.79 Å². The Kier molecular flexibility index (Phi) is 6.24. The Bertz CT molecular complexity index is 263. The summed E-state index contributed by atoms with van der Waals surface area (Å²) >= 11 is 2.95. The smallest absolute Gasteiger partial charge is 0.328 e. The van der Waals surface area contributed by atoms with Crippen molar-refractivity contribution in [1.29, 1.82) is 0 Å². The second-order valence-electron chi connectivity index (χ2n) is 3.58. The normalized spacial score (nSPS) is 12.1. The van der Waals surface area contributed by atoms with Gasteiger partial charge in [-0.05, 0) is 28.3 Å². The summed E-state index contributed by atoms with van der Waals surface area (Å²) in [6.45, 7) is 7.35. The van der Waals surface area contributed by atoms with Crippen molar-refractivity contribution in [1.82, 2.24) is 5.32 Å². The molecule has 86 valence electrons. The molecule has 0 aliphatic heterocycles. The maximum atomic E-state index is 11.3. The third kappa shape index (κ3) is 5.57. The van der Waals surface area contributed by atoms with Crippen molar-refractivity contribution in [3.05, 3.63) is 11.1 Å². The lowest BCUT2D eigenvalue weighted by molar-refractivity contribution is -0.145. The average molecular weight is 278 g/mol. The van der Waals surface area contributed by atoms with Gasteiger partial charge in [0.2, 0.25) is 0 Å². The Labute approximate surface area is 98.2 Å². The van der Waals surface area contributed by atoms with E-state index in [4.69, 9.17) is 0 Å². The molecule has 0 spiro atoms. The van der Waals surface area contributed by atoms with Crippen LogP contribution >= 0.6 is 15.9 Å². The third-order valence-electron chi connectivity index (χ3n) is 1.74. The van der Waals surface area contributed by atoms with Crippen molar-refractivity contribution in [3.8, 4) is 0 Å². The summed E-state index contributed by atoms with van der Waals surface area (Å²) in [5.41, 5.74) is 0. The Morgan fingerprint density at radius 2 is 2.00 bits per heavy atom. The molecule has 0 aromatic carbocycles. The highest BCUT2D eigenvalue weighted by Crippen LogP contribution is 2.08. The number of esters is 1. The summed E-state index contributed by atoms with van der Waals surface area (Å²) in [7, 11) is 1.30. The molecule has 0 bridgehead atoms. The zero-order chi connectivity index (χ0) is 12.0. The van der Waals surface area contributed by atoms with Crippen LogP contribution in [-0.2, 0) is 14.3 Å². The molecule has 15 heavy (non-hydrogen) atoms. The number of carbonyl (C=O) groups is 2. The molecule has 4 nitrogen and oxygen atoms in total. The molecule has 1 N–H and O–H groups in total. The van der Waals surface area contributed by atoms with Crippen LogP contribution in [0, 0.1) is 5.92 Å². The number of halogens is 1. The SMILES string of the molecule is C=C(Br)C(=O)N[C@@H](CC(C)C)C(=O)OC. The number of methoxy groups -OCH3 is 1. The van der Waals surface area contributed by atoms with Crippen molar-refractivity contribution >= 4 is 27.8 Å². The van der Waals surface area contributed by atoms with E-state index >= 15 is 0 Å². The van der Waals surface area contributed by atoms with Crippen molar-refractivity contribution < 1.29 is 14.3 Å². The van der Waals surface area contributed by atoms with E-state index in [0.29, 0.717) is 6.42 Å². The third-order valence-corrected chi connectivity index (χ3v) is 2.10. The minimum Gasteiger partial charge on any atom is -0.467 e. The summed E-state index contributed by atoms with van der Waals surface area (Å²) in [6.07, 6.45) is 0.540. The minimum atomic E-state index is -0.614. The molecular formula is C10H16BrNO3. The van der Waals surface area contributed by atoms with Gasteiger partial charge in [0.05, 0.1) is 11.6 Å². The maximum Gasteiger partial charge on any atom is 0.328 e. The Balaban J connectivity index is 4.44. The topological polar surface area (TPSA) is 55.4 Å². The van der Waals surface area contributed by atoms with Gasteiger partial charge in [0, 0.05) is 0 Å². The van der Waals surface area contributed by atoms with Crippen molar-refractivity contribution in [2.24, 2.45) is 5.92 Å². The molecule has 0 rings (SSSR count). The van der Waals surface area contributed by atoms with E-state index in [2.05, 4.69) is 32.6 Å². The number of hydrogen-bond donors (Lipinski definition) is 1. The van der Waals surface area contributed by atoms with Crippen LogP contribution in [0.15, 0.2) is 11.1 Å². The molecule has 1 atom stereocenters. The molecule has 0 radical (unpaired) electrons. The van der Waals surface area contributed by atoms with Crippen LogP contribution in [-0.4, -0.2) is 25.0 Å². The molecule has 0 aromatic rings. The predicted molar refractivity (Wildman–Crippen MR) is 61.5 cm³/mol. The zero-order valence-electron chi connectivity index (χ0n) is 9.17. The summed E-state index contributed by atoms with van der Waals surface area (Å²) in [5, 5.41) is 2.54. The molecule has 0 heterocycles. The van der Waals surface area contributed by atoms with Gasteiger partial charge in [-0.1, -0.05) is 20.4 Å². The van der Waals surface area contributed by atoms with Crippen molar-refractivity contribution in [2.45, 2.75) is 26.3 Å². The second kappa shape index (κ2) is 6.61.